The minimum absolute atomic E-state index is 0.0141. The Morgan fingerprint density at radius 2 is 1.78 bits per heavy atom. The lowest BCUT2D eigenvalue weighted by molar-refractivity contribution is -0.141. The van der Waals surface area contributed by atoms with Crippen molar-refractivity contribution in [2.75, 3.05) is 13.7 Å². The molecule has 8 heteroatoms. The first-order valence-electron chi connectivity index (χ1n) is 13.0. The highest BCUT2D eigenvalue weighted by Gasteiger charge is 2.47. The zero-order chi connectivity index (χ0) is 28.1. The third-order valence-electron chi connectivity index (χ3n) is 6.69. The van der Waals surface area contributed by atoms with Crippen molar-refractivity contribution in [1.29, 1.82) is 0 Å². The normalized spacial score (nSPS) is 21.3. The first kappa shape index (κ1) is 30.9. The summed E-state index contributed by atoms with van der Waals surface area (Å²) in [5.74, 6) is -0.740. The van der Waals surface area contributed by atoms with Crippen molar-refractivity contribution in [1.82, 2.24) is 15.5 Å². The molecule has 0 saturated carbocycles. The standard InChI is InChI=1S/C29H45N3O4S/c1-11-36-27(35)19(4)17-21(18(2)3)32(10)26(34)23(28(5,6)7)30-24(33)22-29(8,9)37-25(31-22)20-15-13-12-14-16-20/h12-18,21-23,25,31H,11H2,1-10H3,(H,30,33)/t21-,22?,23-,25?/m1/s1. The van der Waals surface area contributed by atoms with Crippen LogP contribution < -0.4 is 10.6 Å². The molecule has 0 spiro atoms. The Balaban J connectivity index is 2.27. The number of carbonyl (C=O) groups excluding carboxylic acids is 3. The van der Waals surface area contributed by atoms with Gasteiger partial charge in [0, 0.05) is 17.4 Å². The third-order valence-corrected chi connectivity index (χ3v) is 8.18. The quantitative estimate of drug-likeness (QED) is 0.355. The molecule has 2 amide bonds. The van der Waals surface area contributed by atoms with Gasteiger partial charge in [-0.1, -0.05) is 71.0 Å². The third kappa shape index (κ3) is 7.84. The number of nitrogens with zero attached hydrogens (tertiary/aromatic N) is 1. The van der Waals surface area contributed by atoms with Crippen LogP contribution in [0.1, 0.15) is 73.3 Å². The molecule has 37 heavy (non-hydrogen) atoms. The molecular formula is C29H45N3O4S. The summed E-state index contributed by atoms with van der Waals surface area (Å²) in [6.07, 6.45) is 1.78. The molecule has 0 aromatic heterocycles. The average Bonchev–Trinajstić information content (AvgIpc) is 3.14. The second-order valence-electron chi connectivity index (χ2n) is 11.7. The van der Waals surface area contributed by atoms with Crippen LogP contribution >= 0.6 is 11.8 Å². The van der Waals surface area contributed by atoms with Gasteiger partial charge >= 0.3 is 5.97 Å². The van der Waals surface area contributed by atoms with Crippen LogP contribution in [0.15, 0.2) is 42.0 Å². The lowest BCUT2D eigenvalue weighted by Crippen LogP contribution is -2.60. The molecule has 1 fully saturated rings. The molecule has 206 valence electrons. The van der Waals surface area contributed by atoms with Crippen molar-refractivity contribution in [3.05, 3.63) is 47.5 Å². The number of amides is 2. The van der Waals surface area contributed by atoms with E-state index >= 15 is 0 Å². The van der Waals surface area contributed by atoms with Crippen molar-refractivity contribution in [3.63, 3.8) is 0 Å². The highest BCUT2D eigenvalue weighted by atomic mass is 32.2. The van der Waals surface area contributed by atoms with Gasteiger partial charge in [-0.25, -0.2) is 4.79 Å². The number of ether oxygens (including phenoxy) is 1. The number of rotatable bonds is 9. The Morgan fingerprint density at radius 1 is 1.19 bits per heavy atom. The summed E-state index contributed by atoms with van der Waals surface area (Å²) in [5.41, 5.74) is 1.04. The van der Waals surface area contributed by atoms with Gasteiger partial charge in [0.2, 0.25) is 11.8 Å². The van der Waals surface area contributed by atoms with E-state index in [1.165, 1.54) is 0 Å². The molecule has 7 nitrogen and oxygen atoms in total. The molecule has 1 aromatic carbocycles. The molecule has 0 bridgehead atoms. The van der Waals surface area contributed by atoms with Crippen LogP contribution in [0.25, 0.3) is 0 Å². The molecule has 1 aromatic rings. The van der Waals surface area contributed by atoms with Crippen LogP contribution in [-0.2, 0) is 19.1 Å². The van der Waals surface area contributed by atoms with Crippen LogP contribution in [-0.4, -0.2) is 59.2 Å². The Kier molecular flexibility index (Phi) is 10.4. The SMILES string of the molecule is CCOC(=O)C(C)=C[C@H](C(C)C)N(C)C(=O)[C@@H](NC(=O)C1NC(c2ccccc2)SC1(C)C)C(C)(C)C. The number of hydrogen-bond donors (Lipinski definition) is 2. The van der Waals surface area contributed by atoms with Crippen LogP contribution in [0.3, 0.4) is 0 Å². The van der Waals surface area contributed by atoms with Gasteiger partial charge in [-0.2, -0.15) is 0 Å². The Labute approximate surface area is 227 Å². The van der Waals surface area contributed by atoms with Gasteiger partial charge in [0.1, 0.15) is 12.1 Å². The van der Waals surface area contributed by atoms with E-state index in [2.05, 4.69) is 36.6 Å². The maximum Gasteiger partial charge on any atom is 0.333 e. The fraction of sp³-hybridized carbons (Fsp3) is 0.621. The number of hydrogen-bond acceptors (Lipinski definition) is 6. The molecule has 1 aliphatic heterocycles. The highest BCUT2D eigenvalue weighted by Crippen LogP contribution is 2.45. The molecular weight excluding hydrogens is 486 g/mol. The lowest BCUT2D eigenvalue weighted by atomic mass is 9.84. The minimum Gasteiger partial charge on any atom is -0.463 e. The predicted octanol–water partition coefficient (Wildman–Crippen LogP) is 4.69. The van der Waals surface area contributed by atoms with E-state index < -0.39 is 23.5 Å². The van der Waals surface area contributed by atoms with E-state index in [1.54, 1.807) is 43.6 Å². The lowest BCUT2D eigenvalue weighted by Gasteiger charge is -2.38. The number of likely N-dealkylation sites (N-methyl/N-ethyl adjacent to an activating group) is 1. The molecule has 2 N–H and O–H groups in total. The summed E-state index contributed by atoms with van der Waals surface area (Å²) in [6, 6.07) is 8.50. The van der Waals surface area contributed by atoms with E-state index in [4.69, 9.17) is 4.74 Å². The van der Waals surface area contributed by atoms with Gasteiger partial charge < -0.3 is 15.0 Å². The summed E-state index contributed by atoms with van der Waals surface area (Å²) < 4.78 is 4.75. The molecule has 1 heterocycles. The zero-order valence-electron chi connectivity index (χ0n) is 24.0. The van der Waals surface area contributed by atoms with Crippen LogP contribution in [0.2, 0.25) is 0 Å². The molecule has 0 aliphatic carbocycles. The molecule has 1 aliphatic rings. The number of carbonyl (C=O) groups is 3. The first-order chi connectivity index (χ1) is 17.1. The van der Waals surface area contributed by atoms with Crippen molar-refractivity contribution >= 4 is 29.5 Å². The van der Waals surface area contributed by atoms with Gasteiger partial charge in [0.25, 0.3) is 0 Å². The van der Waals surface area contributed by atoms with Gasteiger partial charge in [0.15, 0.2) is 0 Å². The van der Waals surface area contributed by atoms with Gasteiger partial charge in [-0.05, 0) is 44.6 Å². The van der Waals surface area contributed by atoms with Gasteiger partial charge in [0.05, 0.1) is 18.0 Å². The topological polar surface area (TPSA) is 87.7 Å². The largest absolute Gasteiger partial charge is 0.463 e. The Morgan fingerprint density at radius 3 is 2.30 bits per heavy atom. The number of thioether (sulfide) groups is 1. The summed E-state index contributed by atoms with van der Waals surface area (Å²) in [4.78, 5) is 41.3. The van der Waals surface area contributed by atoms with E-state index in [9.17, 15) is 14.4 Å². The van der Waals surface area contributed by atoms with Crippen LogP contribution in [0.4, 0.5) is 0 Å². The first-order valence-corrected chi connectivity index (χ1v) is 13.9. The Hall–Kier alpha value is -2.32. The molecule has 4 atom stereocenters. The van der Waals surface area contributed by atoms with Crippen molar-refractivity contribution in [2.45, 2.75) is 90.6 Å². The summed E-state index contributed by atoms with van der Waals surface area (Å²) >= 11 is 1.71. The highest BCUT2D eigenvalue weighted by molar-refractivity contribution is 8.01. The number of esters is 1. The second-order valence-corrected chi connectivity index (χ2v) is 13.4. The predicted molar refractivity (Wildman–Crippen MR) is 151 cm³/mol. The monoisotopic (exact) mass is 531 g/mol. The maximum absolute atomic E-state index is 13.9. The van der Waals surface area contributed by atoms with Crippen LogP contribution in [0, 0.1) is 11.3 Å². The molecule has 1 saturated heterocycles. The number of benzene rings is 1. The van der Waals surface area contributed by atoms with E-state index in [1.807, 2.05) is 52.8 Å². The van der Waals surface area contributed by atoms with E-state index in [0.717, 1.165) is 5.56 Å². The van der Waals surface area contributed by atoms with E-state index in [-0.39, 0.29) is 40.5 Å². The smallest absolute Gasteiger partial charge is 0.333 e. The minimum atomic E-state index is -0.749. The zero-order valence-corrected chi connectivity index (χ0v) is 24.9. The van der Waals surface area contributed by atoms with Gasteiger partial charge in [-0.3, -0.25) is 14.9 Å². The molecule has 2 unspecified atom stereocenters. The fourth-order valence-electron chi connectivity index (χ4n) is 4.49. The van der Waals surface area contributed by atoms with Crippen molar-refractivity contribution < 1.29 is 19.1 Å². The van der Waals surface area contributed by atoms with Crippen molar-refractivity contribution in [3.8, 4) is 0 Å². The molecule has 2 rings (SSSR count). The van der Waals surface area contributed by atoms with E-state index in [0.29, 0.717) is 5.57 Å². The maximum atomic E-state index is 13.9. The summed E-state index contributed by atoms with van der Waals surface area (Å²) in [5, 5.41) is 6.54. The fourth-order valence-corrected chi connectivity index (χ4v) is 5.90. The Bertz CT molecular complexity index is 985. The second kappa shape index (κ2) is 12.5. The molecule has 0 radical (unpaired) electrons. The van der Waals surface area contributed by atoms with Crippen molar-refractivity contribution in [2.24, 2.45) is 11.3 Å². The summed E-state index contributed by atoms with van der Waals surface area (Å²) in [6.45, 7) is 17.7. The average molecular weight is 532 g/mol. The summed E-state index contributed by atoms with van der Waals surface area (Å²) in [7, 11) is 1.73. The van der Waals surface area contributed by atoms with Crippen LogP contribution in [0.5, 0.6) is 0 Å². The van der Waals surface area contributed by atoms with Gasteiger partial charge in [-0.15, -0.1) is 11.8 Å². The number of nitrogens with one attached hydrogen (secondary N) is 2.